The molecule has 1 amide bonds. The second kappa shape index (κ2) is 8.84. The quantitative estimate of drug-likeness (QED) is 0.864. The molecule has 1 fully saturated rings. The molecule has 1 heterocycles. The Labute approximate surface area is 166 Å². The minimum Gasteiger partial charge on any atom is -0.348 e. The summed E-state index contributed by atoms with van der Waals surface area (Å²) < 4.78 is 13.8. The first kappa shape index (κ1) is 19.1. The Morgan fingerprint density at radius 2 is 1.71 bits per heavy atom. The normalized spacial score (nSPS) is 20.5. The number of halogens is 1. The summed E-state index contributed by atoms with van der Waals surface area (Å²) >= 11 is 0. The maximum absolute atomic E-state index is 13.8. The lowest BCUT2D eigenvalue weighted by Crippen LogP contribution is -2.49. The van der Waals surface area contributed by atoms with E-state index in [1.165, 1.54) is 17.2 Å². The van der Waals surface area contributed by atoms with Gasteiger partial charge in [0, 0.05) is 38.3 Å². The van der Waals surface area contributed by atoms with E-state index in [2.05, 4.69) is 39.4 Å². The molecule has 1 atom stereocenters. The molecule has 4 nitrogen and oxygen atoms in total. The van der Waals surface area contributed by atoms with Gasteiger partial charge in [-0.1, -0.05) is 42.5 Å². The summed E-state index contributed by atoms with van der Waals surface area (Å²) in [4.78, 5) is 17.0. The minimum absolute atomic E-state index is 0.101. The van der Waals surface area contributed by atoms with Crippen LogP contribution in [0.2, 0.25) is 0 Å². The Balaban J connectivity index is 1.25. The highest BCUT2D eigenvalue weighted by Gasteiger charge is 2.24. The van der Waals surface area contributed by atoms with Crippen molar-refractivity contribution in [2.24, 2.45) is 0 Å². The van der Waals surface area contributed by atoms with E-state index in [0.29, 0.717) is 13.1 Å². The van der Waals surface area contributed by atoms with Crippen LogP contribution >= 0.6 is 0 Å². The third-order valence-electron chi connectivity index (χ3n) is 5.89. The van der Waals surface area contributed by atoms with Gasteiger partial charge in [0.1, 0.15) is 5.82 Å². The lowest BCUT2D eigenvalue weighted by atomic mass is 9.88. The number of carbonyl (C=O) groups excluding carboxylic acids is 1. The van der Waals surface area contributed by atoms with Gasteiger partial charge in [-0.2, -0.15) is 0 Å². The van der Waals surface area contributed by atoms with Crippen molar-refractivity contribution in [1.29, 1.82) is 0 Å². The molecule has 1 aliphatic carbocycles. The van der Waals surface area contributed by atoms with E-state index in [4.69, 9.17) is 0 Å². The van der Waals surface area contributed by atoms with Gasteiger partial charge in [-0.05, 0) is 36.5 Å². The van der Waals surface area contributed by atoms with Crippen LogP contribution in [0.25, 0.3) is 0 Å². The first-order chi connectivity index (χ1) is 13.7. The monoisotopic (exact) mass is 381 g/mol. The van der Waals surface area contributed by atoms with Gasteiger partial charge in [0.2, 0.25) is 5.91 Å². The maximum Gasteiger partial charge on any atom is 0.234 e. The molecule has 4 rings (SSSR count). The molecule has 2 aromatic carbocycles. The fourth-order valence-corrected chi connectivity index (χ4v) is 4.32. The van der Waals surface area contributed by atoms with Crippen LogP contribution in [-0.2, 0) is 17.8 Å². The number of fused-ring (bicyclic) bond motifs is 1. The van der Waals surface area contributed by atoms with Gasteiger partial charge in [0.05, 0.1) is 12.6 Å². The summed E-state index contributed by atoms with van der Waals surface area (Å²) in [6, 6.07) is 15.5. The first-order valence-corrected chi connectivity index (χ1v) is 10.2. The second-order valence-electron chi connectivity index (χ2n) is 7.85. The highest BCUT2D eigenvalue weighted by Crippen LogP contribution is 2.29. The molecule has 0 radical (unpaired) electrons. The molecule has 0 saturated carbocycles. The Hall–Kier alpha value is -2.24. The van der Waals surface area contributed by atoms with Crippen molar-refractivity contribution in [3.63, 3.8) is 0 Å². The van der Waals surface area contributed by atoms with E-state index in [-0.39, 0.29) is 17.8 Å². The predicted molar refractivity (Wildman–Crippen MR) is 108 cm³/mol. The number of nitrogens with zero attached hydrogens (tertiary/aromatic N) is 2. The van der Waals surface area contributed by atoms with Crippen LogP contribution in [0.4, 0.5) is 4.39 Å². The Kier molecular flexibility index (Phi) is 6.03. The molecule has 1 saturated heterocycles. The Bertz CT molecular complexity index is 817. The summed E-state index contributed by atoms with van der Waals surface area (Å²) in [5.74, 6) is -0.0404. The van der Waals surface area contributed by atoms with Gasteiger partial charge < -0.3 is 5.32 Å². The first-order valence-electron chi connectivity index (χ1n) is 10.2. The molecular formula is C23H28FN3O. The zero-order valence-electron chi connectivity index (χ0n) is 16.2. The topological polar surface area (TPSA) is 35.6 Å². The molecule has 0 bridgehead atoms. The van der Waals surface area contributed by atoms with E-state index in [1.807, 2.05) is 12.1 Å². The average Bonchev–Trinajstić information content (AvgIpc) is 2.71. The fraction of sp³-hybridized carbons (Fsp3) is 0.435. The van der Waals surface area contributed by atoms with Gasteiger partial charge in [0.15, 0.2) is 0 Å². The SMILES string of the molecule is O=C(CN1CCN(Cc2ccccc2F)CC1)NC1CCCc2ccccc21. The van der Waals surface area contributed by atoms with Crippen LogP contribution in [0.15, 0.2) is 48.5 Å². The van der Waals surface area contributed by atoms with E-state index < -0.39 is 0 Å². The van der Waals surface area contributed by atoms with E-state index >= 15 is 0 Å². The Morgan fingerprint density at radius 3 is 2.54 bits per heavy atom. The fourth-order valence-electron chi connectivity index (χ4n) is 4.32. The van der Waals surface area contributed by atoms with Crippen molar-refractivity contribution in [3.05, 3.63) is 71.0 Å². The molecule has 1 N–H and O–H groups in total. The van der Waals surface area contributed by atoms with Crippen LogP contribution < -0.4 is 5.32 Å². The summed E-state index contributed by atoms with van der Waals surface area (Å²) in [7, 11) is 0. The van der Waals surface area contributed by atoms with Crippen LogP contribution in [0.5, 0.6) is 0 Å². The van der Waals surface area contributed by atoms with Crippen LogP contribution in [0.3, 0.4) is 0 Å². The van der Waals surface area contributed by atoms with Crippen molar-refractivity contribution in [2.75, 3.05) is 32.7 Å². The molecule has 0 spiro atoms. The molecule has 28 heavy (non-hydrogen) atoms. The number of hydrogen-bond acceptors (Lipinski definition) is 3. The number of hydrogen-bond donors (Lipinski definition) is 1. The second-order valence-corrected chi connectivity index (χ2v) is 7.85. The summed E-state index contributed by atoms with van der Waals surface area (Å²) in [5.41, 5.74) is 3.38. The lowest BCUT2D eigenvalue weighted by molar-refractivity contribution is -0.123. The van der Waals surface area contributed by atoms with Crippen LogP contribution in [0, 0.1) is 5.82 Å². The molecule has 0 aromatic heterocycles. The summed E-state index contributed by atoms with van der Waals surface area (Å²) in [5, 5.41) is 3.24. The zero-order chi connectivity index (χ0) is 19.3. The lowest BCUT2D eigenvalue weighted by Gasteiger charge is -2.35. The van der Waals surface area contributed by atoms with E-state index in [1.54, 1.807) is 6.07 Å². The molecule has 148 valence electrons. The van der Waals surface area contributed by atoms with Crippen molar-refractivity contribution >= 4 is 5.91 Å². The number of nitrogens with one attached hydrogen (secondary N) is 1. The van der Waals surface area contributed by atoms with Crippen molar-refractivity contribution < 1.29 is 9.18 Å². The standard InChI is InChI=1S/C23H28FN3O/c24-21-10-4-2-7-19(21)16-26-12-14-27(15-13-26)17-23(28)25-22-11-5-8-18-6-1-3-9-20(18)22/h1-4,6-7,9-10,22H,5,8,11-17H2,(H,25,28). The van der Waals surface area contributed by atoms with Crippen molar-refractivity contribution in [1.82, 2.24) is 15.1 Å². The third kappa shape index (κ3) is 4.59. The van der Waals surface area contributed by atoms with Crippen LogP contribution in [-0.4, -0.2) is 48.4 Å². The Morgan fingerprint density at radius 1 is 1.00 bits per heavy atom. The highest BCUT2D eigenvalue weighted by atomic mass is 19.1. The number of benzene rings is 2. The highest BCUT2D eigenvalue weighted by molar-refractivity contribution is 5.78. The molecular weight excluding hydrogens is 353 g/mol. The number of rotatable bonds is 5. The number of carbonyl (C=O) groups is 1. The smallest absolute Gasteiger partial charge is 0.234 e. The number of piperazine rings is 1. The van der Waals surface area contributed by atoms with Gasteiger partial charge in [0.25, 0.3) is 0 Å². The van der Waals surface area contributed by atoms with Gasteiger partial charge in [-0.25, -0.2) is 4.39 Å². The van der Waals surface area contributed by atoms with Gasteiger partial charge in [-0.3, -0.25) is 14.6 Å². The summed E-state index contributed by atoms with van der Waals surface area (Å²) in [6.07, 6.45) is 3.24. The molecule has 2 aromatic rings. The molecule has 2 aliphatic rings. The molecule has 1 unspecified atom stereocenters. The molecule has 1 aliphatic heterocycles. The summed E-state index contributed by atoms with van der Waals surface area (Å²) in [6.45, 7) is 4.45. The third-order valence-corrected chi connectivity index (χ3v) is 5.89. The average molecular weight is 381 g/mol. The largest absolute Gasteiger partial charge is 0.348 e. The zero-order valence-corrected chi connectivity index (χ0v) is 16.2. The predicted octanol–water partition coefficient (Wildman–Crippen LogP) is 3.14. The van der Waals surface area contributed by atoms with Gasteiger partial charge in [-0.15, -0.1) is 0 Å². The number of amides is 1. The van der Waals surface area contributed by atoms with Gasteiger partial charge >= 0.3 is 0 Å². The van der Waals surface area contributed by atoms with Crippen LogP contribution in [0.1, 0.15) is 35.6 Å². The maximum atomic E-state index is 13.8. The van der Waals surface area contributed by atoms with Crippen molar-refractivity contribution in [2.45, 2.75) is 31.8 Å². The van der Waals surface area contributed by atoms with Crippen molar-refractivity contribution in [3.8, 4) is 0 Å². The minimum atomic E-state index is -0.142. The van der Waals surface area contributed by atoms with E-state index in [0.717, 1.165) is 51.0 Å². The number of aryl methyl sites for hydroxylation is 1. The van der Waals surface area contributed by atoms with E-state index in [9.17, 15) is 9.18 Å². The molecule has 5 heteroatoms.